The van der Waals surface area contributed by atoms with Crippen LogP contribution in [0.5, 0.6) is 0 Å². The molecular formula is C19H23FN4O3. The number of nitrogens with zero attached hydrogens (tertiary/aromatic N) is 2. The molecule has 0 aromatic heterocycles. The van der Waals surface area contributed by atoms with E-state index in [1.807, 2.05) is 18.2 Å². The number of piperidine rings is 1. The maximum absolute atomic E-state index is 13.3. The fraction of sp³-hybridized carbons (Fsp3) is 0.526. The minimum atomic E-state index is -0.617. The summed E-state index contributed by atoms with van der Waals surface area (Å²) >= 11 is 0. The first-order valence-electron chi connectivity index (χ1n) is 9.34. The maximum Gasteiger partial charge on any atom is 0.255 e. The highest BCUT2D eigenvalue weighted by Crippen LogP contribution is 2.30. The Morgan fingerprint density at radius 1 is 1.22 bits per heavy atom. The van der Waals surface area contributed by atoms with Gasteiger partial charge in [0.25, 0.3) is 5.91 Å². The van der Waals surface area contributed by atoms with Gasteiger partial charge in [0.1, 0.15) is 12.7 Å². The maximum atomic E-state index is 13.3. The first kappa shape index (κ1) is 18.1. The van der Waals surface area contributed by atoms with E-state index in [9.17, 15) is 18.8 Å². The number of imide groups is 1. The topological polar surface area (TPSA) is 81.8 Å². The van der Waals surface area contributed by atoms with Gasteiger partial charge in [0.15, 0.2) is 0 Å². The zero-order valence-electron chi connectivity index (χ0n) is 15.0. The number of benzene rings is 1. The normalized spacial score (nSPS) is 26.3. The molecule has 2 N–H and O–H groups in total. The molecule has 1 aromatic carbocycles. The molecule has 7 nitrogen and oxygen atoms in total. The molecular weight excluding hydrogens is 351 g/mol. The van der Waals surface area contributed by atoms with Crippen LogP contribution in [0.1, 0.15) is 34.3 Å². The van der Waals surface area contributed by atoms with Crippen molar-refractivity contribution in [2.75, 3.05) is 26.3 Å². The van der Waals surface area contributed by atoms with Crippen molar-refractivity contribution in [2.45, 2.75) is 38.0 Å². The second-order valence-electron chi connectivity index (χ2n) is 7.33. The molecule has 0 bridgehead atoms. The average molecular weight is 374 g/mol. The van der Waals surface area contributed by atoms with Gasteiger partial charge in [-0.25, -0.2) is 4.39 Å². The number of alkyl halides is 1. The van der Waals surface area contributed by atoms with E-state index in [0.29, 0.717) is 31.6 Å². The van der Waals surface area contributed by atoms with E-state index in [-0.39, 0.29) is 24.3 Å². The Bertz CT molecular complexity index is 784. The quantitative estimate of drug-likeness (QED) is 0.736. The molecule has 3 aliphatic heterocycles. The number of amides is 3. The van der Waals surface area contributed by atoms with Crippen molar-refractivity contribution in [1.29, 1.82) is 0 Å². The van der Waals surface area contributed by atoms with Crippen molar-refractivity contribution in [3.05, 3.63) is 34.9 Å². The molecule has 2 atom stereocenters. The largest absolute Gasteiger partial charge is 0.322 e. The smallest absolute Gasteiger partial charge is 0.255 e. The van der Waals surface area contributed by atoms with E-state index in [1.165, 1.54) is 0 Å². The Hall–Kier alpha value is -2.32. The van der Waals surface area contributed by atoms with Crippen LogP contribution in [-0.2, 0) is 22.7 Å². The molecule has 2 saturated heterocycles. The molecule has 0 aliphatic carbocycles. The first-order valence-corrected chi connectivity index (χ1v) is 9.34. The number of hydrogen-bond acceptors (Lipinski definition) is 5. The lowest BCUT2D eigenvalue weighted by Crippen LogP contribution is -2.52. The van der Waals surface area contributed by atoms with Crippen molar-refractivity contribution in [3.8, 4) is 0 Å². The lowest BCUT2D eigenvalue weighted by molar-refractivity contribution is -0.136. The van der Waals surface area contributed by atoms with Crippen molar-refractivity contribution in [1.82, 2.24) is 20.4 Å². The Kier molecular flexibility index (Phi) is 4.92. The van der Waals surface area contributed by atoms with E-state index in [1.54, 1.807) is 4.90 Å². The predicted octanol–water partition coefficient (Wildman–Crippen LogP) is 0.191. The standard InChI is InChI=1S/C19H23FN4O3/c20-8-14-9-21-6-7-23(14)10-12-2-1-3-13-11-24(19(27)17(12)13)15-4-5-16(25)22-18(15)26/h1-3,14-15,21H,4-11H2,(H,22,25,26). The van der Waals surface area contributed by atoms with E-state index >= 15 is 0 Å². The van der Waals surface area contributed by atoms with E-state index < -0.39 is 18.6 Å². The molecule has 27 heavy (non-hydrogen) atoms. The summed E-state index contributed by atoms with van der Waals surface area (Å²) in [6.07, 6.45) is 0.587. The van der Waals surface area contributed by atoms with Crippen LogP contribution in [0.15, 0.2) is 18.2 Å². The SMILES string of the molecule is O=C1CCC(N2Cc3cccc(CN4CCNCC4CF)c3C2=O)C(=O)N1. The van der Waals surface area contributed by atoms with Crippen molar-refractivity contribution in [2.24, 2.45) is 0 Å². The molecule has 8 heteroatoms. The summed E-state index contributed by atoms with van der Waals surface area (Å²) in [5.74, 6) is -0.882. The minimum Gasteiger partial charge on any atom is -0.322 e. The van der Waals surface area contributed by atoms with Crippen LogP contribution < -0.4 is 10.6 Å². The van der Waals surface area contributed by atoms with Crippen molar-refractivity contribution < 1.29 is 18.8 Å². The summed E-state index contributed by atoms with van der Waals surface area (Å²) in [5, 5.41) is 5.51. The van der Waals surface area contributed by atoms with E-state index in [2.05, 4.69) is 15.5 Å². The van der Waals surface area contributed by atoms with Crippen LogP contribution in [0.4, 0.5) is 4.39 Å². The molecule has 3 heterocycles. The molecule has 0 radical (unpaired) electrons. The van der Waals surface area contributed by atoms with E-state index in [4.69, 9.17) is 0 Å². The molecule has 4 rings (SSSR count). The van der Waals surface area contributed by atoms with Gasteiger partial charge in [-0.2, -0.15) is 0 Å². The number of rotatable bonds is 4. The molecule has 144 valence electrons. The summed E-state index contributed by atoms with van der Waals surface area (Å²) in [7, 11) is 0. The number of carbonyl (C=O) groups excluding carboxylic acids is 3. The number of nitrogens with one attached hydrogen (secondary N) is 2. The Morgan fingerprint density at radius 2 is 2.07 bits per heavy atom. The Labute approximate surface area is 156 Å². The summed E-state index contributed by atoms with van der Waals surface area (Å²) in [4.78, 5) is 40.3. The summed E-state index contributed by atoms with van der Waals surface area (Å²) < 4.78 is 13.3. The van der Waals surface area contributed by atoms with Crippen LogP contribution >= 0.6 is 0 Å². The number of hydrogen-bond donors (Lipinski definition) is 2. The number of carbonyl (C=O) groups is 3. The predicted molar refractivity (Wildman–Crippen MR) is 95.5 cm³/mol. The average Bonchev–Trinajstić information content (AvgIpc) is 3.00. The Balaban J connectivity index is 1.56. The summed E-state index contributed by atoms with van der Waals surface area (Å²) in [6, 6.07) is 4.89. The van der Waals surface area contributed by atoms with Gasteiger partial charge >= 0.3 is 0 Å². The zero-order valence-corrected chi connectivity index (χ0v) is 15.0. The van der Waals surface area contributed by atoms with Crippen LogP contribution in [-0.4, -0.2) is 65.9 Å². The van der Waals surface area contributed by atoms with Gasteiger partial charge in [0.05, 0.1) is 6.04 Å². The van der Waals surface area contributed by atoms with Crippen LogP contribution in [0, 0.1) is 0 Å². The molecule has 3 aliphatic rings. The number of piperazine rings is 1. The molecule has 2 unspecified atom stereocenters. The molecule has 1 aromatic rings. The van der Waals surface area contributed by atoms with Crippen molar-refractivity contribution >= 4 is 17.7 Å². The summed E-state index contributed by atoms with van der Waals surface area (Å²) in [5.41, 5.74) is 2.38. The van der Waals surface area contributed by atoms with Gasteiger partial charge < -0.3 is 10.2 Å². The third-order valence-electron chi connectivity index (χ3n) is 5.66. The highest BCUT2D eigenvalue weighted by molar-refractivity contribution is 6.05. The van der Waals surface area contributed by atoms with Gasteiger partial charge in [-0.15, -0.1) is 0 Å². The molecule has 2 fully saturated rings. The zero-order chi connectivity index (χ0) is 19.0. The number of fused-ring (bicyclic) bond motifs is 1. The third-order valence-corrected chi connectivity index (χ3v) is 5.66. The van der Waals surface area contributed by atoms with Crippen LogP contribution in [0.2, 0.25) is 0 Å². The van der Waals surface area contributed by atoms with E-state index in [0.717, 1.165) is 24.2 Å². The monoisotopic (exact) mass is 374 g/mol. The minimum absolute atomic E-state index is 0.179. The fourth-order valence-electron chi connectivity index (χ4n) is 4.20. The lowest BCUT2D eigenvalue weighted by Gasteiger charge is -2.35. The van der Waals surface area contributed by atoms with Gasteiger partial charge in [-0.3, -0.25) is 24.6 Å². The van der Waals surface area contributed by atoms with Crippen LogP contribution in [0.25, 0.3) is 0 Å². The summed E-state index contributed by atoms with van der Waals surface area (Å²) in [6.45, 7) is 2.56. The second-order valence-corrected chi connectivity index (χ2v) is 7.33. The second kappa shape index (κ2) is 7.36. The lowest BCUT2D eigenvalue weighted by atomic mass is 10.0. The number of halogens is 1. The van der Waals surface area contributed by atoms with Gasteiger partial charge in [0, 0.05) is 44.7 Å². The van der Waals surface area contributed by atoms with Gasteiger partial charge in [-0.1, -0.05) is 18.2 Å². The highest BCUT2D eigenvalue weighted by atomic mass is 19.1. The van der Waals surface area contributed by atoms with Crippen LogP contribution in [0.3, 0.4) is 0 Å². The fourth-order valence-corrected chi connectivity index (χ4v) is 4.20. The molecule has 0 saturated carbocycles. The first-order chi connectivity index (χ1) is 13.1. The molecule has 0 spiro atoms. The van der Waals surface area contributed by atoms with Gasteiger partial charge in [-0.05, 0) is 17.5 Å². The Morgan fingerprint density at radius 3 is 2.85 bits per heavy atom. The molecule has 3 amide bonds. The highest BCUT2D eigenvalue weighted by Gasteiger charge is 2.40. The third kappa shape index (κ3) is 3.35. The van der Waals surface area contributed by atoms with Gasteiger partial charge in [0.2, 0.25) is 11.8 Å². The van der Waals surface area contributed by atoms with Crippen molar-refractivity contribution in [3.63, 3.8) is 0 Å².